The first-order chi connectivity index (χ1) is 7.66. The van der Waals surface area contributed by atoms with E-state index in [1.54, 1.807) is 6.07 Å². The maximum atomic E-state index is 10.8. The lowest BCUT2D eigenvalue weighted by atomic mass is 10.1. The zero-order valence-electron chi connectivity index (χ0n) is 9.03. The predicted molar refractivity (Wildman–Crippen MR) is 61.7 cm³/mol. The van der Waals surface area contributed by atoms with Crippen LogP contribution in [0.1, 0.15) is 27.3 Å². The van der Waals surface area contributed by atoms with Gasteiger partial charge in [-0.1, -0.05) is 30.3 Å². The lowest BCUT2D eigenvalue weighted by molar-refractivity contribution is 0.0691. The second-order valence-corrected chi connectivity index (χ2v) is 3.81. The molecule has 0 saturated carbocycles. The van der Waals surface area contributed by atoms with Crippen LogP contribution in [0.15, 0.2) is 36.4 Å². The molecule has 1 heterocycles. The van der Waals surface area contributed by atoms with E-state index in [1.807, 2.05) is 37.3 Å². The molecule has 0 spiro atoms. The van der Waals surface area contributed by atoms with E-state index >= 15 is 0 Å². The zero-order valence-corrected chi connectivity index (χ0v) is 9.03. The van der Waals surface area contributed by atoms with E-state index in [-0.39, 0.29) is 5.69 Å². The number of nitrogens with one attached hydrogen (secondary N) is 1. The summed E-state index contributed by atoms with van der Waals surface area (Å²) in [6.07, 6.45) is 0.736. The summed E-state index contributed by atoms with van der Waals surface area (Å²) in [5, 5.41) is 8.86. The molecule has 2 aromatic rings. The number of hydrogen-bond donors (Lipinski definition) is 2. The van der Waals surface area contributed by atoms with Crippen molar-refractivity contribution in [3.05, 3.63) is 58.9 Å². The van der Waals surface area contributed by atoms with Crippen LogP contribution in [0.25, 0.3) is 0 Å². The highest BCUT2D eigenvalue weighted by atomic mass is 16.4. The van der Waals surface area contributed by atoms with E-state index in [9.17, 15) is 4.79 Å². The summed E-state index contributed by atoms with van der Waals surface area (Å²) in [5.41, 5.74) is 3.37. The van der Waals surface area contributed by atoms with Crippen LogP contribution in [0.5, 0.6) is 0 Å². The Morgan fingerprint density at radius 2 is 2.00 bits per heavy atom. The molecule has 0 amide bonds. The molecule has 0 fully saturated rings. The number of carbonyl (C=O) groups is 1. The average molecular weight is 215 g/mol. The van der Waals surface area contributed by atoms with Gasteiger partial charge in [-0.2, -0.15) is 0 Å². The Hall–Kier alpha value is -2.03. The number of H-pyrrole nitrogens is 1. The van der Waals surface area contributed by atoms with Crippen molar-refractivity contribution in [2.75, 3.05) is 0 Å². The molecule has 0 aliphatic carbocycles. The number of aromatic carboxylic acids is 1. The van der Waals surface area contributed by atoms with Gasteiger partial charge in [-0.25, -0.2) is 4.79 Å². The van der Waals surface area contributed by atoms with Crippen LogP contribution in [0.2, 0.25) is 0 Å². The Labute approximate surface area is 93.7 Å². The van der Waals surface area contributed by atoms with Gasteiger partial charge in [0.05, 0.1) is 0 Å². The van der Waals surface area contributed by atoms with Gasteiger partial charge in [0.25, 0.3) is 0 Å². The third-order valence-electron chi connectivity index (χ3n) is 2.58. The fourth-order valence-electron chi connectivity index (χ4n) is 1.70. The van der Waals surface area contributed by atoms with Gasteiger partial charge >= 0.3 is 5.97 Å². The summed E-state index contributed by atoms with van der Waals surface area (Å²) in [4.78, 5) is 13.7. The lowest BCUT2D eigenvalue weighted by Gasteiger charge is -2.00. The Bertz CT molecular complexity index is 500. The molecule has 0 aliphatic rings. The minimum Gasteiger partial charge on any atom is -0.477 e. The monoisotopic (exact) mass is 215 g/mol. The summed E-state index contributed by atoms with van der Waals surface area (Å²) in [6, 6.07) is 11.6. The fourth-order valence-corrected chi connectivity index (χ4v) is 1.70. The van der Waals surface area contributed by atoms with Crippen molar-refractivity contribution in [3.63, 3.8) is 0 Å². The highest BCUT2D eigenvalue weighted by molar-refractivity contribution is 5.86. The van der Waals surface area contributed by atoms with Gasteiger partial charge in [-0.3, -0.25) is 0 Å². The smallest absolute Gasteiger partial charge is 0.352 e. The van der Waals surface area contributed by atoms with E-state index in [4.69, 9.17) is 5.11 Å². The van der Waals surface area contributed by atoms with Crippen molar-refractivity contribution < 1.29 is 9.90 Å². The van der Waals surface area contributed by atoms with Gasteiger partial charge in [0.2, 0.25) is 0 Å². The minimum atomic E-state index is -0.914. The molecular formula is C13H13NO2. The number of rotatable bonds is 3. The van der Waals surface area contributed by atoms with Crippen LogP contribution >= 0.6 is 0 Å². The highest BCUT2D eigenvalue weighted by Gasteiger charge is 2.09. The zero-order chi connectivity index (χ0) is 11.5. The molecule has 0 unspecified atom stereocenters. The van der Waals surface area contributed by atoms with E-state index in [1.165, 1.54) is 5.56 Å². The summed E-state index contributed by atoms with van der Waals surface area (Å²) in [5.74, 6) is -0.914. The van der Waals surface area contributed by atoms with Gasteiger partial charge in [-0.05, 0) is 24.1 Å². The summed E-state index contributed by atoms with van der Waals surface area (Å²) in [7, 11) is 0. The number of hydrogen-bond acceptors (Lipinski definition) is 1. The molecule has 0 bridgehead atoms. The van der Waals surface area contributed by atoms with Crippen LogP contribution in [-0.4, -0.2) is 16.1 Å². The maximum absolute atomic E-state index is 10.8. The summed E-state index contributed by atoms with van der Waals surface area (Å²) >= 11 is 0. The van der Waals surface area contributed by atoms with Gasteiger partial charge in [0.1, 0.15) is 5.69 Å². The first-order valence-electron chi connectivity index (χ1n) is 5.12. The molecule has 1 aromatic heterocycles. The molecule has 0 aliphatic heterocycles. The van der Waals surface area contributed by atoms with E-state index in [2.05, 4.69) is 4.98 Å². The van der Waals surface area contributed by atoms with Crippen molar-refractivity contribution in [1.29, 1.82) is 0 Å². The molecule has 0 saturated heterocycles. The first-order valence-corrected chi connectivity index (χ1v) is 5.12. The largest absolute Gasteiger partial charge is 0.477 e. The Balaban J connectivity index is 2.25. The predicted octanol–water partition coefficient (Wildman–Crippen LogP) is 2.61. The second-order valence-electron chi connectivity index (χ2n) is 3.81. The van der Waals surface area contributed by atoms with E-state index in [0.717, 1.165) is 17.7 Å². The lowest BCUT2D eigenvalue weighted by Crippen LogP contribution is -1.97. The average Bonchev–Trinajstić information content (AvgIpc) is 2.62. The topological polar surface area (TPSA) is 53.1 Å². The molecule has 0 radical (unpaired) electrons. The van der Waals surface area contributed by atoms with Crippen molar-refractivity contribution in [1.82, 2.24) is 4.98 Å². The third-order valence-corrected chi connectivity index (χ3v) is 2.58. The number of benzene rings is 1. The fraction of sp³-hybridized carbons (Fsp3) is 0.154. The number of carboxylic acids is 1. The standard InChI is InChI=1S/C13H13NO2/c1-9-7-12(13(15)16)14-11(9)8-10-5-3-2-4-6-10/h2-7,14H,8H2,1H3,(H,15,16). The van der Waals surface area contributed by atoms with Crippen LogP contribution in [0.4, 0.5) is 0 Å². The molecule has 3 heteroatoms. The van der Waals surface area contributed by atoms with Crippen LogP contribution in [0, 0.1) is 6.92 Å². The van der Waals surface area contributed by atoms with Gasteiger partial charge in [0, 0.05) is 12.1 Å². The first kappa shape index (κ1) is 10.5. The van der Waals surface area contributed by atoms with E-state index < -0.39 is 5.97 Å². The summed E-state index contributed by atoms with van der Waals surface area (Å²) in [6.45, 7) is 1.92. The highest BCUT2D eigenvalue weighted by Crippen LogP contribution is 2.14. The Kier molecular flexibility index (Phi) is 2.77. The minimum absolute atomic E-state index is 0.253. The quantitative estimate of drug-likeness (QED) is 0.826. The van der Waals surface area contributed by atoms with Crippen molar-refractivity contribution in [2.45, 2.75) is 13.3 Å². The third kappa shape index (κ3) is 2.14. The van der Waals surface area contributed by atoms with Crippen molar-refractivity contribution in [3.8, 4) is 0 Å². The van der Waals surface area contributed by atoms with Crippen LogP contribution in [-0.2, 0) is 6.42 Å². The number of carboxylic acid groups (broad SMARTS) is 1. The summed E-state index contributed by atoms with van der Waals surface area (Å²) < 4.78 is 0. The number of aromatic amines is 1. The van der Waals surface area contributed by atoms with Crippen molar-refractivity contribution >= 4 is 5.97 Å². The van der Waals surface area contributed by atoms with E-state index in [0.29, 0.717) is 0 Å². The normalized spacial score (nSPS) is 10.3. The van der Waals surface area contributed by atoms with Gasteiger partial charge in [0.15, 0.2) is 0 Å². The van der Waals surface area contributed by atoms with Gasteiger partial charge < -0.3 is 10.1 Å². The maximum Gasteiger partial charge on any atom is 0.352 e. The SMILES string of the molecule is Cc1cc(C(=O)O)[nH]c1Cc1ccccc1. The Morgan fingerprint density at radius 1 is 1.31 bits per heavy atom. The van der Waals surface area contributed by atoms with Crippen LogP contribution < -0.4 is 0 Å². The molecule has 82 valence electrons. The molecule has 3 nitrogen and oxygen atoms in total. The molecule has 1 aromatic carbocycles. The molecule has 2 rings (SSSR count). The molecule has 2 N–H and O–H groups in total. The Morgan fingerprint density at radius 3 is 2.56 bits per heavy atom. The number of aryl methyl sites for hydroxylation is 1. The van der Waals surface area contributed by atoms with Crippen LogP contribution in [0.3, 0.4) is 0 Å². The number of aromatic nitrogens is 1. The molecule has 0 atom stereocenters. The van der Waals surface area contributed by atoms with Gasteiger partial charge in [-0.15, -0.1) is 0 Å². The molecule has 16 heavy (non-hydrogen) atoms. The second kappa shape index (κ2) is 4.23. The van der Waals surface area contributed by atoms with Crippen molar-refractivity contribution in [2.24, 2.45) is 0 Å². The molecular weight excluding hydrogens is 202 g/mol.